The topological polar surface area (TPSA) is 18.5 Å². The van der Waals surface area contributed by atoms with Crippen molar-refractivity contribution in [1.29, 1.82) is 0 Å². The summed E-state index contributed by atoms with van der Waals surface area (Å²) in [6.07, 6.45) is 5.11. The molecule has 0 bridgehead atoms. The van der Waals surface area contributed by atoms with Crippen molar-refractivity contribution in [3.8, 4) is 0 Å². The molecule has 0 unspecified atom stereocenters. The fourth-order valence-corrected chi connectivity index (χ4v) is 1.02. The van der Waals surface area contributed by atoms with Crippen LogP contribution in [0, 0.1) is 0 Å². The first-order valence-corrected chi connectivity index (χ1v) is 6.48. The molecule has 12 heavy (non-hydrogen) atoms. The van der Waals surface area contributed by atoms with E-state index in [0.717, 1.165) is 26.4 Å². The third-order valence-corrected chi connectivity index (χ3v) is 1.65. The molecule has 0 aromatic carbocycles. The van der Waals surface area contributed by atoms with Crippen molar-refractivity contribution in [2.24, 2.45) is 0 Å². The average molecular weight is 226 g/mol. The van der Waals surface area contributed by atoms with Crippen molar-refractivity contribution in [1.82, 2.24) is 0 Å². The van der Waals surface area contributed by atoms with Crippen LogP contribution in [0.15, 0.2) is 0 Å². The minimum atomic E-state index is 1.00. The molecule has 2 radical (unpaired) electrons. The Labute approximate surface area is 91.6 Å². The van der Waals surface area contributed by atoms with Crippen LogP contribution in [0.2, 0.25) is 0 Å². The molecule has 0 amide bonds. The number of hydrogen-bond donors (Lipinski definition) is 0. The zero-order valence-electron chi connectivity index (χ0n) is 7.92. The fraction of sp³-hybridized carbons (Fsp3) is 1.00. The van der Waals surface area contributed by atoms with Gasteiger partial charge in [-0.25, -0.2) is 0 Å². The van der Waals surface area contributed by atoms with Crippen LogP contribution in [0.5, 0.6) is 0 Å². The van der Waals surface area contributed by atoms with E-state index in [1.165, 1.54) is 25.7 Å². The Morgan fingerprint density at radius 2 is 0.917 bits per heavy atom. The molecule has 0 aromatic rings. The zero-order chi connectivity index (χ0) is 9.07. The van der Waals surface area contributed by atoms with E-state index in [-0.39, 0.29) is 0 Å². The van der Waals surface area contributed by atoms with Crippen molar-refractivity contribution in [2.45, 2.75) is 25.7 Å². The van der Waals surface area contributed by atoms with Gasteiger partial charge in [-0.2, -0.15) is 0 Å². The number of rotatable bonds is 0. The summed E-state index contributed by atoms with van der Waals surface area (Å²) < 4.78 is 9.89. The predicted octanol–water partition coefficient (Wildman–Crippen LogP) is 0.832. The molecule has 2 fully saturated rings. The van der Waals surface area contributed by atoms with Crippen molar-refractivity contribution in [3.05, 3.63) is 0 Å². The van der Waals surface area contributed by atoms with Gasteiger partial charge >= 0.3 is 30.2 Å². The Balaban J connectivity index is 0.000000168. The second-order valence-electron chi connectivity index (χ2n) is 2.64. The van der Waals surface area contributed by atoms with E-state index in [0.29, 0.717) is 0 Å². The molecule has 0 spiro atoms. The van der Waals surface area contributed by atoms with Crippen LogP contribution in [0.3, 0.4) is 0 Å². The Morgan fingerprint density at radius 1 is 0.667 bits per heavy atom. The first kappa shape index (κ1) is 13.1. The standard InChI is InChI=1S/2C4H8O.As.Li/c2*1-2-4-5-3-1;;/h2*1-4H2;;. The molecule has 4 heteroatoms. The van der Waals surface area contributed by atoms with Crippen LogP contribution in [0.1, 0.15) is 25.7 Å². The second kappa shape index (κ2) is 12.1. The van der Waals surface area contributed by atoms with Crippen molar-refractivity contribution in [3.63, 3.8) is 0 Å². The van der Waals surface area contributed by atoms with Gasteiger partial charge in [0, 0.05) is 26.4 Å². The monoisotopic (exact) mass is 226 g/mol. The van der Waals surface area contributed by atoms with Crippen LogP contribution in [-0.4, -0.2) is 56.6 Å². The van der Waals surface area contributed by atoms with Crippen molar-refractivity contribution >= 4 is 30.2 Å². The van der Waals surface area contributed by atoms with Gasteiger partial charge in [0.15, 0.2) is 0 Å². The molecule has 0 aromatic heterocycles. The van der Waals surface area contributed by atoms with Crippen LogP contribution >= 0.6 is 0 Å². The zero-order valence-corrected chi connectivity index (χ0v) is 9.80. The first-order chi connectivity index (χ1) is 6.00. The molecule has 2 heterocycles. The maximum atomic E-state index is 4.94. The third kappa shape index (κ3) is 9.17. The van der Waals surface area contributed by atoms with Gasteiger partial charge in [0.1, 0.15) is 0 Å². The Bertz CT molecular complexity index is 50.2. The van der Waals surface area contributed by atoms with Crippen molar-refractivity contribution < 1.29 is 9.47 Å². The average Bonchev–Trinajstić information content (AvgIpc) is 2.87. The SMILES string of the molecule is C1CCOC1.C1CCOC1.[Li][As]. The van der Waals surface area contributed by atoms with Crippen LogP contribution in [0.4, 0.5) is 0 Å². The quantitative estimate of drug-likeness (QED) is 0.569. The molecule has 0 saturated carbocycles. The molecule has 0 atom stereocenters. The number of hydrogen-bond acceptors (Lipinski definition) is 2. The molecular formula is C8H16AsLiO2. The van der Waals surface area contributed by atoms with Crippen LogP contribution < -0.4 is 0 Å². The summed E-state index contributed by atoms with van der Waals surface area (Å²) >= 11 is 4.25. The van der Waals surface area contributed by atoms with E-state index in [1.54, 1.807) is 0 Å². The predicted molar refractivity (Wildman–Crippen MR) is 51.6 cm³/mol. The summed E-state index contributed by atoms with van der Waals surface area (Å²) in [6, 6.07) is 0. The summed E-state index contributed by atoms with van der Waals surface area (Å²) in [5.74, 6) is 0. The fourth-order valence-electron chi connectivity index (χ4n) is 1.02. The Kier molecular flexibility index (Phi) is 13.2. The molecule has 2 rings (SSSR count). The third-order valence-electron chi connectivity index (χ3n) is 1.65. The van der Waals surface area contributed by atoms with E-state index in [2.05, 4.69) is 14.6 Å². The van der Waals surface area contributed by atoms with Crippen molar-refractivity contribution in [2.75, 3.05) is 26.4 Å². The van der Waals surface area contributed by atoms with Gasteiger partial charge in [-0.3, -0.25) is 0 Å². The molecule has 2 nitrogen and oxygen atoms in total. The summed E-state index contributed by atoms with van der Waals surface area (Å²) in [5.41, 5.74) is 0. The summed E-state index contributed by atoms with van der Waals surface area (Å²) in [7, 11) is 0. The molecular weight excluding hydrogens is 210 g/mol. The van der Waals surface area contributed by atoms with Gasteiger partial charge in [0.25, 0.3) is 0 Å². The van der Waals surface area contributed by atoms with Gasteiger partial charge in [0.05, 0.1) is 0 Å². The second-order valence-corrected chi connectivity index (χ2v) is 2.64. The van der Waals surface area contributed by atoms with Gasteiger partial charge in [-0.05, 0) is 25.7 Å². The molecule has 2 aliphatic heterocycles. The van der Waals surface area contributed by atoms with E-state index in [9.17, 15) is 0 Å². The number of ether oxygens (including phenoxy) is 2. The molecule has 0 N–H and O–H groups in total. The van der Waals surface area contributed by atoms with E-state index < -0.39 is 0 Å². The molecule has 0 aliphatic carbocycles. The maximum absolute atomic E-state index is 4.94. The summed E-state index contributed by atoms with van der Waals surface area (Å²) in [4.78, 5) is 0. The van der Waals surface area contributed by atoms with E-state index in [4.69, 9.17) is 9.47 Å². The van der Waals surface area contributed by atoms with Gasteiger partial charge in [-0.15, -0.1) is 0 Å². The minimum absolute atomic E-state index is 1.00. The summed E-state index contributed by atoms with van der Waals surface area (Å²) in [6.45, 7) is 4.00. The molecule has 66 valence electrons. The Hall–Kier alpha value is 1.08. The molecule has 2 saturated heterocycles. The van der Waals surface area contributed by atoms with Crippen LogP contribution in [-0.2, 0) is 9.47 Å². The van der Waals surface area contributed by atoms with Gasteiger partial charge in [-0.1, -0.05) is 0 Å². The van der Waals surface area contributed by atoms with E-state index in [1.807, 2.05) is 15.6 Å². The Morgan fingerprint density at radius 3 is 1.00 bits per heavy atom. The summed E-state index contributed by atoms with van der Waals surface area (Å²) in [5, 5.41) is 0. The first-order valence-electron chi connectivity index (χ1n) is 4.60. The van der Waals surface area contributed by atoms with Gasteiger partial charge < -0.3 is 9.47 Å². The molecule has 2 aliphatic rings. The van der Waals surface area contributed by atoms with E-state index >= 15 is 0 Å². The van der Waals surface area contributed by atoms with Crippen LogP contribution in [0.25, 0.3) is 0 Å². The normalized spacial score (nSPS) is 20.6. The van der Waals surface area contributed by atoms with Gasteiger partial charge in [0.2, 0.25) is 0 Å².